The Bertz CT molecular complexity index is 2210. The van der Waals surface area contributed by atoms with Crippen molar-refractivity contribution in [2.75, 3.05) is 17.4 Å². The standard InChI is InChI=1S/C39H29BrCl3N3O6/c1-52-24-10-2-19(3-11-24)39-29(36(49)46(38(39)51)44-31-14-6-22(42)17-30(31)43)18-27-25(34(39)28-16-21(41)7-15-32(28)47)12-13-26-33(27)37(50)45(35(26)48)23-8-4-20(40)5-9-23/h2-12,14-17,26-27,29,33-34,44,47H,13,18H2,1H3/t26-,27+,29-,33-,34+,39+/m0/s1. The van der Waals surface area contributed by atoms with Gasteiger partial charge in [-0.05, 0) is 97.1 Å². The summed E-state index contributed by atoms with van der Waals surface area (Å²) >= 11 is 22.7. The summed E-state index contributed by atoms with van der Waals surface area (Å²) in [4.78, 5) is 59.9. The molecule has 6 atom stereocenters. The number of nitrogens with zero attached hydrogens (tertiary/aromatic N) is 2. The van der Waals surface area contributed by atoms with E-state index in [2.05, 4.69) is 21.4 Å². The van der Waals surface area contributed by atoms with Crippen molar-refractivity contribution in [3.05, 3.63) is 127 Å². The molecule has 0 spiro atoms. The van der Waals surface area contributed by atoms with Gasteiger partial charge in [0, 0.05) is 26.0 Å². The number of allylic oxidation sites excluding steroid dienone is 2. The first-order valence-corrected chi connectivity index (χ1v) is 18.4. The molecule has 2 aliphatic carbocycles. The number of hydrogen-bond donors (Lipinski definition) is 2. The number of aromatic hydroxyl groups is 1. The molecule has 0 bridgehead atoms. The number of carbonyl (C=O) groups excluding carboxylic acids is 4. The van der Waals surface area contributed by atoms with Gasteiger partial charge in [-0.1, -0.05) is 74.5 Å². The SMILES string of the molecule is COc1ccc([C@@]23C(=O)N(Nc4ccc(Cl)cc4Cl)C(=O)[C@@H]2C[C@@H]2C(=CC[C@@H]4C(=O)N(c5ccc(Br)cc5)C(=O)[C@@H]42)[C@@H]3c2cc(Cl)ccc2O)cc1. The summed E-state index contributed by atoms with van der Waals surface area (Å²) in [6, 6.07) is 23.1. The third-order valence-corrected chi connectivity index (χ3v) is 12.3. The van der Waals surface area contributed by atoms with Crippen LogP contribution in [0.15, 0.2) is 101 Å². The second-order valence-corrected chi connectivity index (χ2v) is 15.6. The summed E-state index contributed by atoms with van der Waals surface area (Å²) in [6.07, 6.45) is 2.21. The van der Waals surface area contributed by atoms with Gasteiger partial charge in [-0.2, -0.15) is 5.01 Å². The number of halogens is 4. The van der Waals surface area contributed by atoms with Crippen molar-refractivity contribution in [1.82, 2.24) is 5.01 Å². The predicted molar refractivity (Wildman–Crippen MR) is 200 cm³/mol. The van der Waals surface area contributed by atoms with Crippen LogP contribution >= 0.6 is 50.7 Å². The van der Waals surface area contributed by atoms with E-state index in [9.17, 15) is 19.5 Å². The van der Waals surface area contributed by atoms with Crippen LogP contribution in [0.5, 0.6) is 11.5 Å². The van der Waals surface area contributed by atoms with E-state index < -0.39 is 46.8 Å². The van der Waals surface area contributed by atoms with Gasteiger partial charge in [0.1, 0.15) is 11.5 Å². The van der Waals surface area contributed by atoms with Crippen molar-refractivity contribution in [2.45, 2.75) is 24.2 Å². The third-order valence-electron chi connectivity index (χ3n) is 11.0. The van der Waals surface area contributed by atoms with E-state index in [1.54, 1.807) is 66.7 Å². The van der Waals surface area contributed by atoms with E-state index >= 15 is 4.79 Å². The lowest BCUT2D eigenvalue weighted by atomic mass is 9.49. The second-order valence-electron chi connectivity index (χ2n) is 13.4. The summed E-state index contributed by atoms with van der Waals surface area (Å²) in [6.45, 7) is 0. The quantitative estimate of drug-likeness (QED) is 0.149. The zero-order valence-corrected chi connectivity index (χ0v) is 31.2. The number of anilines is 2. The zero-order valence-electron chi connectivity index (χ0n) is 27.4. The minimum atomic E-state index is -1.64. The van der Waals surface area contributed by atoms with Gasteiger partial charge < -0.3 is 9.84 Å². The highest BCUT2D eigenvalue weighted by Gasteiger charge is 2.70. The molecule has 264 valence electrons. The molecule has 9 nitrogen and oxygen atoms in total. The fourth-order valence-corrected chi connectivity index (χ4v) is 9.68. The Morgan fingerprint density at radius 2 is 1.54 bits per heavy atom. The van der Waals surface area contributed by atoms with Gasteiger partial charge in [-0.3, -0.25) is 29.5 Å². The molecular formula is C39H29BrCl3N3O6. The van der Waals surface area contributed by atoms with Crippen LogP contribution in [0.3, 0.4) is 0 Å². The van der Waals surface area contributed by atoms with E-state index in [0.29, 0.717) is 38.2 Å². The lowest BCUT2D eigenvalue weighted by Crippen LogP contribution is -2.53. The number of phenols is 1. The van der Waals surface area contributed by atoms with Crippen LogP contribution in [0.4, 0.5) is 11.4 Å². The maximum atomic E-state index is 15.3. The van der Waals surface area contributed by atoms with Gasteiger partial charge >= 0.3 is 0 Å². The maximum absolute atomic E-state index is 15.3. The average Bonchev–Trinajstić information content (AvgIpc) is 3.51. The molecule has 8 rings (SSSR count). The normalized spacial score (nSPS) is 26.6. The van der Waals surface area contributed by atoms with Crippen molar-refractivity contribution in [1.29, 1.82) is 0 Å². The summed E-state index contributed by atoms with van der Waals surface area (Å²) < 4.78 is 6.24. The molecule has 2 aliphatic heterocycles. The Balaban J connectivity index is 1.34. The van der Waals surface area contributed by atoms with Crippen LogP contribution in [0.2, 0.25) is 15.1 Å². The van der Waals surface area contributed by atoms with Crippen LogP contribution in [0.25, 0.3) is 0 Å². The van der Waals surface area contributed by atoms with Crippen LogP contribution in [0.1, 0.15) is 29.9 Å². The van der Waals surface area contributed by atoms with E-state index in [0.717, 1.165) is 9.48 Å². The van der Waals surface area contributed by atoms with Crippen molar-refractivity contribution in [3.8, 4) is 11.5 Å². The largest absolute Gasteiger partial charge is 0.508 e. The summed E-state index contributed by atoms with van der Waals surface area (Å²) in [5.41, 5.74) is 3.54. The first-order chi connectivity index (χ1) is 24.9. The molecule has 0 radical (unpaired) electrons. The van der Waals surface area contributed by atoms with Crippen LogP contribution in [-0.4, -0.2) is 40.9 Å². The third kappa shape index (κ3) is 5.17. The van der Waals surface area contributed by atoms with Gasteiger partial charge in [0.05, 0.1) is 46.7 Å². The predicted octanol–water partition coefficient (Wildman–Crippen LogP) is 8.31. The molecule has 2 saturated heterocycles. The number of rotatable bonds is 6. The van der Waals surface area contributed by atoms with Crippen LogP contribution < -0.4 is 15.1 Å². The highest BCUT2D eigenvalue weighted by atomic mass is 79.9. The Morgan fingerprint density at radius 3 is 2.23 bits per heavy atom. The van der Waals surface area contributed by atoms with E-state index in [-0.39, 0.29) is 41.1 Å². The van der Waals surface area contributed by atoms with E-state index in [1.807, 2.05) is 6.08 Å². The number of ether oxygens (including phenoxy) is 1. The Hall–Kier alpha value is -4.35. The molecule has 3 fully saturated rings. The highest BCUT2D eigenvalue weighted by Crippen LogP contribution is 2.65. The number of phenolic OH excluding ortho intramolecular Hbond substituents is 1. The number of carbonyl (C=O) groups is 4. The smallest absolute Gasteiger partial charge is 0.260 e. The van der Waals surface area contributed by atoms with Crippen molar-refractivity contribution in [3.63, 3.8) is 0 Å². The fraction of sp³-hybridized carbons (Fsp3) is 0.231. The van der Waals surface area contributed by atoms with Gasteiger partial charge in [0.2, 0.25) is 11.8 Å². The van der Waals surface area contributed by atoms with E-state index in [1.165, 1.54) is 30.2 Å². The number of nitrogens with one attached hydrogen (secondary N) is 1. The molecule has 4 aromatic carbocycles. The molecule has 4 amide bonds. The average molecular weight is 822 g/mol. The first kappa shape index (κ1) is 34.7. The molecule has 4 aliphatic rings. The number of fused-ring (bicyclic) bond motifs is 4. The number of hydrazine groups is 1. The molecule has 0 unspecified atom stereocenters. The molecular weight excluding hydrogens is 793 g/mol. The topological polar surface area (TPSA) is 116 Å². The summed E-state index contributed by atoms with van der Waals surface area (Å²) in [5.74, 6) is -5.60. The fourth-order valence-electron chi connectivity index (χ4n) is 8.79. The molecule has 1 saturated carbocycles. The van der Waals surface area contributed by atoms with Gasteiger partial charge in [-0.15, -0.1) is 0 Å². The Labute approximate surface area is 322 Å². The molecule has 52 heavy (non-hydrogen) atoms. The van der Waals surface area contributed by atoms with Gasteiger partial charge in [-0.25, -0.2) is 0 Å². The number of amides is 4. The minimum absolute atomic E-state index is 0.0706. The maximum Gasteiger partial charge on any atom is 0.260 e. The highest BCUT2D eigenvalue weighted by molar-refractivity contribution is 9.10. The van der Waals surface area contributed by atoms with Crippen molar-refractivity contribution in [2.24, 2.45) is 23.7 Å². The molecule has 2 heterocycles. The minimum Gasteiger partial charge on any atom is -0.508 e. The summed E-state index contributed by atoms with van der Waals surface area (Å²) in [5, 5.41) is 13.4. The second kappa shape index (κ2) is 12.9. The number of methoxy groups -OCH3 is 1. The number of benzene rings is 4. The number of imide groups is 2. The lowest BCUT2D eigenvalue weighted by Gasteiger charge is -2.50. The molecule has 4 aromatic rings. The van der Waals surface area contributed by atoms with E-state index in [4.69, 9.17) is 39.5 Å². The monoisotopic (exact) mass is 819 g/mol. The van der Waals surface area contributed by atoms with Crippen molar-refractivity contribution >= 4 is 85.7 Å². The number of hydrogen-bond acceptors (Lipinski definition) is 7. The lowest BCUT2D eigenvalue weighted by molar-refractivity contribution is -0.138. The molecule has 13 heteroatoms. The van der Waals surface area contributed by atoms with Gasteiger partial charge in [0.15, 0.2) is 0 Å². The van der Waals surface area contributed by atoms with Crippen molar-refractivity contribution < 1.29 is 29.0 Å². The summed E-state index contributed by atoms with van der Waals surface area (Å²) in [7, 11) is 1.53. The first-order valence-electron chi connectivity index (χ1n) is 16.5. The Morgan fingerprint density at radius 1 is 0.846 bits per heavy atom. The van der Waals surface area contributed by atoms with Crippen LogP contribution in [-0.2, 0) is 24.6 Å². The molecule has 2 N–H and O–H groups in total. The van der Waals surface area contributed by atoms with Gasteiger partial charge in [0.25, 0.3) is 11.8 Å². The van der Waals surface area contributed by atoms with Crippen LogP contribution in [0, 0.1) is 23.7 Å². The zero-order chi connectivity index (χ0) is 36.6. The molecule has 0 aromatic heterocycles. The Kier molecular flexibility index (Phi) is 8.65.